The van der Waals surface area contributed by atoms with Gasteiger partial charge in [-0.25, -0.2) is 15.0 Å². The fourth-order valence-corrected chi connectivity index (χ4v) is 1.19. The van der Waals surface area contributed by atoms with E-state index < -0.39 is 19.0 Å². The van der Waals surface area contributed by atoms with Crippen molar-refractivity contribution in [2.45, 2.75) is 6.85 Å². The summed E-state index contributed by atoms with van der Waals surface area (Å²) in [5, 5.41) is 12.1. The minimum Gasteiger partial charge on any atom is -0.392 e. The van der Waals surface area contributed by atoms with Gasteiger partial charge in [0.2, 0.25) is 0 Å². The van der Waals surface area contributed by atoms with Gasteiger partial charge in [0.05, 0.1) is 15.6 Å². The molecule has 0 saturated carbocycles. The van der Waals surface area contributed by atoms with Gasteiger partial charge < -0.3 is 15.4 Å². The largest absolute Gasteiger partial charge is 0.392 e. The Hall–Kier alpha value is -1.95. The van der Waals surface area contributed by atoms with Crippen LogP contribution in [-0.4, -0.2) is 38.1 Å². The van der Waals surface area contributed by atoms with Crippen LogP contribution in [0, 0.1) is 0 Å². The van der Waals surface area contributed by atoms with E-state index >= 15 is 0 Å². The number of nitrogens with one attached hydrogen (secondary N) is 2. The standard InChI is InChI=1S/C10H13N5O/c1-7(4-16)2-3-11-9-8-10(13-5-12-8)15-6-14-9/h2,5-6,16H,3-4H2,1H3,(H2,11,12,13,14,15)/b7-2+/i1D3,4D2. The van der Waals surface area contributed by atoms with Crippen molar-refractivity contribution in [2.24, 2.45) is 0 Å². The monoisotopic (exact) mass is 224 g/mol. The summed E-state index contributed by atoms with van der Waals surface area (Å²) in [4.78, 5) is 14.7. The molecule has 3 N–H and O–H groups in total. The fourth-order valence-electron chi connectivity index (χ4n) is 1.19. The van der Waals surface area contributed by atoms with Gasteiger partial charge in [-0.15, -0.1) is 0 Å². The van der Waals surface area contributed by atoms with Gasteiger partial charge in [-0.3, -0.25) is 0 Å². The molecule has 2 aromatic rings. The summed E-state index contributed by atoms with van der Waals surface area (Å²) < 4.78 is 36.0. The van der Waals surface area contributed by atoms with Crippen molar-refractivity contribution in [3.8, 4) is 0 Å². The second-order valence-corrected chi connectivity index (χ2v) is 2.93. The summed E-state index contributed by atoms with van der Waals surface area (Å²) in [5.74, 6) is 0.400. The average molecular weight is 224 g/mol. The maximum atomic E-state index is 9.28. The molecule has 0 saturated heterocycles. The van der Waals surface area contributed by atoms with Gasteiger partial charge in [-0.2, -0.15) is 0 Å². The molecule has 0 spiro atoms. The predicted octanol–water partition coefficient (Wildman–Crippen LogP) is 0.703. The molecule has 16 heavy (non-hydrogen) atoms. The molecule has 0 aromatic carbocycles. The highest BCUT2D eigenvalue weighted by atomic mass is 16.3. The number of nitrogens with zero attached hydrogens (tertiary/aromatic N) is 3. The first-order valence-corrected chi connectivity index (χ1v) is 4.51. The van der Waals surface area contributed by atoms with Gasteiger partial charge in [0.15, 0.2) is 11.5 Å². The van der Waals surface area contributed by atoms with Crippen molar-refractivity contribution >= 4 is 17.0 Å². The summed E-state index contributed by atoms with van der Waals surface area (Å²) in [6.07, 6.45) is 3.82. The number of H-pyrrole nitrogens is 1. The molecular formula is C10H13N5O. The Balaban J connectivity index is 2.19. The van der Waals surface area contributed by atoms with Gasteiger partial charge >= 0.3 is 0 Å². The number of aromatic amines is 1. The summed E-state index contributed by atoms with van der Waals surface area (Å²) in [6, 6.07) is 0. The minimum absolute atomic E-state index is 0.0288. The highest BCUT2D eigenvalue weighted by molar-refractivity contribution is 5.81. The molecule has 2 heterocycles. The first-order chi connectivity index (χ1) is 9.69. The van der Waals surface area contributed by atoms with E-state index in [-0.39, 0.29) is 6.54 Å². The SMILES string of the molecule is [2H]C([2H])([2H])/C(=C\CNc1ncnc2nc[nH]c12)C([2H])([2H])O. The van der Waals surface area contributed by atoms with E-state index in [1.165, 1.54) is 12.7 Å². The zero-order chi connectivity index (χ0) is 15.7. The summed E-state index contributed by atoms with van der Waals surface area (Å²) >= 11 is 0. The van der Waals surface area contributed by atoms with Crippen LogP contribution < -0.4 is 5.32 Å². The first-order valence-electron chi connectivity index (χ1n) is 7.01. The molecule has 6 heteroatoms. The van der Waals surface area contributed by atoms with Crippen molar-refractivity contribution in [1.29, 1.82) is 0 Å². The molecule has 0 bridgehead atoms. The minimum atomic E-state index is -2.91. The third kappa shape index (κ3) is 2.17. The van der Waals surface area contributed by atoms with Crippen molar-refractivity contribution in [3.63, 3.8) is 0 Å². The van der Waals surface area contributed by atoms with E-state index in [4.69, 9.17) is 6.85 Å². The highest BCUT2D eigenvalue weighted by Gasteiger charge is 2.03. The van der Waals surface area contributed by atoms with E-state index in [0.29, 0.717) is 17.0 Å². The fraction of sp³-hybridized carbons (Fsp3) is 0.300. The Kier molecular flexibility index (Phi) is 1.75. The quantitative estimate of drug-likeness (QED) is 0.666. The summed E-state index contributed by atoms with van der Waals surface area (Å²) in [7, 11) is 0. The van der Waals surface area contributed by atoms with Crippen LogP contribution in [0.4, 0.5) is 5.82 Å². The van der Waals surface area contributed by atoms with E-state index in [0.717, 1.165) is 6.08 Å². The van der Waals surface area contributed by atoms with Crippen LogP contribution in [0.2, 0.25) is 0 Å². The smallest absolute Gasteiger partial charge is 0.182 e. The molecule has 2 rings (SSSR count). The highest BCUT2D eigenvalue weighted by Crippen LogP contribution is 2.13. The molecule has 0 unspecified atom stereocenters. The Bertz CT molecular complexity index is 644. The number of aromatic nitrogens is 4. The van der Waals surface area contributed by atoms with Crippen LogP contribution in [0.15, 0.2) is 24.3 Å². The normalized spacial score (nSPS) is 18.3. The third-order valence-corrected chi connectivity index (χ3v) is 1.92. The number of rotatable bonds is 4. The van der Waals surface area contributed by atoms with Crippen molar-refractivity contribution in [1.82, 2.24) is 19.9 Å². The number of fused-ring (bicyclic) bond motifs is 1. The predicted molar refractivity (Wildman–Crippen MR) is 61.0 cm³/mol. The lowest BCUT2D eigenvalue weighted by atomic mass is 10.3. The third-order valence-electron chi connectivity index (χ3n) is 1.92. The zero-order valence-electron chi connectivity index (χ0n) is 13.2. The number of hydrogen-bond acceptors (Lipinski definition) is 5. The molecule has 84 valence electrons. The number of imidazole rings is 1. The first kappa shape index (κ1) is 5.95. The van der Waals surface area contributed by atoms with Crippen LogP contribution in [0.1, 0.15) is 13.7 Å². The van der Waals surface area contributed by atoms with Gasteiger partial charge in [0.25, 0.3) is 0 Å². The Morgan fingerprint density at radius 2 is 2.62 bits per heavy atom. The van der Waals surface area contributed by atoms with Crippen molar-refractivity contribution in [2.75, 3.05) is 18.4 Å². The van der Waals surface area contributed by atoms with Crippen LogP contribution in [-0.2, 0) is 0 Å². The van der Waals surface area contributed by atoms with Gasteiger partial charge in [-0.1, -0.05) is 11.6 Å². The van der Waals surface area contributed by atoms with Gasteiger partial charge in [0, 0.05) is 10.7 Å². The van der Waals surface area contributed by atoms with Crippen LogP contribution in [0.3, 0.4) is 0 Å². The number of anilines is 1. The molecule has 0 amide bonds. The summed E-state index contributed by atoms with van der Waals surface area (Å²) in [6.45, 7) is -5.67. The molecule has 0 aliphatic rings. The molecular weight excluding hydrogens is 206 g/mol. The van der Waals surface area contributed by atoms with Gasteiger partial charge in [0.1, 0.15) is 11.8 Å². The van der Waals surface area contributed by atoms with E-state index in [1.807, 2.05) is 0 Å². The van der Waals surface area contributed by atoms with Crippen LogP contribution in [0.25, 0.3) is 11.2 Å². The Morgan fingerprint density at radius 3 is 3.44 bits per heavy atom. The van der Waals surface area contributed by atoms with Crippen molar-refractivity contribution < 1.29 is 12.0 Å². The molecule has 0 aliphatic heterocycles. The molecule has 2 aromatic heterocycles. The lowest BCUT2D eigenvalue weighted by Gasteiger charge is -2.03. The molecule has 0 radical (unpaired) electrons. The van der Waals surface area contributed by atoms with E-state index in [2.05, 4.69) is 25.3 Å². The maximum absolute atomic E-state index is 9.28. The second kappa shape index (κ2) is 4.71. The molecule has 0 fully saturated rings. The van der Waals surface area contributed by atoms with Gasteiger partial charge in [-0.05, 0) is 6.85 Å². The van der Waals surface area contributed by atoms with Crippen LogP contribution >= 0.6 is 0 Å². The van der Waals surface area contributed by atoms with E-state index in [9.17, 15) is 5.11 Å². The lowest BCUT2D eigenvalue weighted by Crippen LogP contribution is -2.03. The van der Waals surface area contributed by atoms with E-state index in [1.54, 1.807) is 0 Å². The average Bonchev–Trinajstić information content (AvgIpc) is 2.80. The Labute approximate surface area is 99.5 Å². The Morgan fingerprint density at radius 1 is 1.69 bits per heavy atom. The molecule has 6 nitrogen and oxygen atoms in total. The maximum Gasteiger partial charge on any atom is 0.182 e. The number of hydrogen-bond donors (Lipinski definition) is 3. The lowest BCUT2D eigenvalue weighted by molar-refractivity contribution is 0.331. The summed E-state index contributed by atoms with van der Waals surface area (Å²) in [5.41, 5.74) is 0.316. The molecule has 0 aliphatic carbocycles. The van der Waals surface area contributed by atoms with Crippen molar-refractivity contribution in [3.05, 3.63) is 24.3 Å². The molecule has 0 atom stereocenters. The zero-order valence-corrected chi connectivity index (χ0v) is 8.23. The van der Waals surface area contributed by atoms with Crippen LogP contribution in [0.5, 0.6) is 0 Å². The topological polar surface area (TPSA) is 86.7 Å². The second-order valence-electron chi connectivity index (χ2n) is 2.93. The number of aliphatic hydroxyl groups is 1.